The molecule has 3 aromatic rings. The number of aryl methyl sites for hydroxylation is 1. The summed E-state index contributed by atoms with van der Waals surface area (Å²) in [6, 6.07) is 12.1. The molecule has 2 unspecified atom stereocenters. The van der Waals surface area contributed by atoms with Crippen LogP contribution in [-0.2, 0) is 9.59 Å². The van der Waals surface area contributed by atoms with Crippen LogP contribution in [0.1, 0.15) is 39.3 Å². The third kappa shape index (κ3) is 4.20. The van der Waals surface area contributed by atoms with E-state index in [9.17, 15) is 19.5 Å². The number of pyridine rings is 1. The second-order valence-electron chi connectivity index (χ2n) is 7.32. The Labute approximate surface area is 202 Å². The lowest BCUT2D eigenvalue weighted by Gasteiger charge is -2.34. The summed E-state index contributed by atoms with van der Waals surface area (Å²) >= 11 is 8.08. The van der Waals surface area contributed by atoms with Crippen molar-refractivity contribution in [2.24, 2.45) is 0 Å². The number of nitrogens with one attached hydrogen (secondary N) is 1. The van der Waals surface area contributed by atoms with E-state index in [1.165, 1.54) is 6.20 Å². The van der Waals surface area contributed by atoms with E-state index in [1.807, 2.05) is 0 Å². The van der Waals surface area contributed by atoms with Crippen molar-refractivity contribution >= 4 is 57.7 Å². The van der Waals surface area contributed by atoms with Crippen molar-refractivity contribution in [3.05, 3.63) is 91.8 Å². The number of halogens is 2. The van der Waals surface area contributed by atoms with Gasteiger partial charge in [-0.2, -0.15) is 0 Å². The summed E-state index contributed by atoms with van der Waals surface area (Å²) in [5.74, 6) is -2.37. The molecule has 2 heterocycles. The molecule has 32 heavy (non-hydrogen) atoms. The molecule has 1 aliphatic heterocycles. The van der Waals surface area contributed by atoms with E-state index in [0.717, 1.165) is 8.47 Å². The van der Waals surface area contributed by atoms with E-state index in [-0.39, 0.29) is 11.1 Å². The zero-order chi connectivity index (χ0) is 23.0. The topological polar surface area (TPSA) is 99.6 Å². The fourth-order valence-corrected chi connectivity index (χ4v) is 4.29. The minimum absolute atomic E-state index is 0.216. The maximum atomic E-state index is 13.8. The van der Waals surface area contributed by atoms with Crippen LogP contribution < -0.4 is 5.32 Å². The first kappa shape index (κ1) is 22.2. The van der Waals surface area contributed by atoms with Gasteiger partial charge in [-0.25, -0.2) is 4.79 Å². The van der Waals surface area contributed by atoms with Gasteiger partial charge in [0.05, 0.1) is 11.3 Å². The van der Waals surface area contributed by atoms with Gasteiger partial charge >= 0.3 is 5.97 Å². The van der Waals surface area contributed by atoms with Crippen LogP contribution in [0.5, 0.6) is 0 Å². The number of rotatable bonds is 4. The van der Waals surface area contributed by atoms with E-state index < -0.39 is 29.9 Å². The third-order valence-corrected chi connectivity index (χ3v) is 6.10. The van der Waals surface area contributed by atoms with Crippen LogP contribution in [0.2, 0.25) is 5.02 Å². The lowest BCUT2D eigenvalue weighted by molar-refractivity contribution is -0.144. The molecule has 9 heteroatoms. The molecule has 0 fully saturated rings. The number of fused-ring (bicyclic) bond motifs is 1. The number of carboxylic acids is 1. The number of aromatic nitrogens is 1. The minimum Gasteiger partial charge on any atom is -0.479 e. The van der Waals surface area contributed by atoms with Gasteiger partial charge in [0.25, 0.3) is 11.8 Å². The average molecular weight is 562 g/mol. The smallest absolute Gasteiger partial charge is 0.331 e. The number of nitrogens with zero attached hydrogens (tertiary/aromatic N) is 2. The summed E-state index contributed by atoms with van der Waals surface area (Å²) in [7, 11) is 0. The van der Waals surface area contributed by atoms with E-state index in [0.29, 0.717) is 22.0 Å². The first-order valence-corrected chi connectivity index (χ1v) is 11.1. The van der Waals surface area contributed by atoms with Crippen molar-refractivity contribution in [2.75, 3.05) is 5.32 Å². The molecule has 162 valence electrons. The lowest BCUT2D eigenvalue weighted by atomic mass is 9.98. The molecule has 0 saturated heterocycles. The number of carbonyl (C=O) groups excluding carboxylic acids is 2. The van der Waals surface area contributed by atoms with Gasteiger partial charge in [-0.15, -0.1) is 0 Å². The highest BCUT2D eigenvalue weighted by Crippen LogP contribution is 2.38. The van der Waals surface area contributed by atoms with Crippen LogP contribution in [0, 0.1) is 10.5 Å². The van der Waals surface area contributed by atoms with E-state index in [1.54, 1.807) is 61.5 Å². The average Bonchev–Trinajstić information content (AvgIpc) is 2.85. The summed E-state index contributed by atoms with van der Waals surface area (Å²) in [5.41, 5.74) is 1.97. The van der Waals surface area contributed by atoms with Gasteiger partial charge in [0, 0.05) is 26.0 Å². The molecule has 0 spiro atoms. The number of carbonyl (C=O) groups is 3. The second kappa shape index (κ2) is 8.87. The van der Waals surface area contributed by atoms with Crippen molar-refractivity contribution in [2.45, 2.75) is 19.0 Å². The Hall–Kier alpha value is -2.98. The highest BCUT2D eigenvalue weighted by molar-refractivity contribution is 14.1. The SMILES string of the molecule is Cc1ccc(C(C(=O)O)N2C(=O)c3cc(I)ccc3NC(=O)C2c2ccc(Cl)cc2)cn1. The summed E-state index contributed by atoms with van der Waals surface area (Å²) in [5, 5.41) is 13.4. The number of hydrogen-bond acceptors (Lipinski definition) is 4. The predicted octanol–water partition coefficient (Wildman–Crippen LogP) is 4.61. The Kier molecular flexibility index (Phi) is 6.16. The van der Waals surface area contributed by atoms with Crippen LogP contribution >= 0.6 is 34.2 Å². The Morgan fingerprint density at radius 1 is 1.16 bits per heavy atom. The molecule has 4 rings (SSSR count). The van der Waals surface area contributed by atoms with Gasteiger partial charge in [-0.3, -0.25) is 14.6 Å². The maximum absolute atomic E-state index is 13.8. The second-order valence-corrected chi connectivity index (χ2v) is 9.00. The van der Waals surface area contributed by atoms with Crippen molar-refractivity contribution in [3.63, 3.8) is 0 Å². The van der Waals surface area contributed by atoms with Gasteiger partial charge in [-0.05, 0) is 71.5 Å². The maximum Gasteiger partial charge on any atom is 0.331 e. The van der Waals surface area contributed by atoms with Crippen molar-refractivity contribution in [1.29, 1.82) is 0 Å². The molecule has 1 aliphatic rings. The van der Waals surface area contributed by atoms with E-state index >= 15 is 0 Å². The molecular weight excluding hydrogens is 545 g/mol. The molecular formula is C23H17ClIN3O4. The van der Waals surface area contributed by atoms with Crippen LogP contribution in [0.25, 0.3) is 0 Å². The number of benzene rings is 2. The van der Waals surface area contributed by atoms with Gasteiger partial charge < -0.3 is 15.3 Å². The molecule has 2 atom stereocenters. The first-order valence-electron chi connectivity index (χ1n) is 9.60. The summed E-state index contributed by atoms with van der Waals surface area (Å²) < 4.78 is 0.776. The van der Waals surface area contributed by atoms with Gasteiger partial charge in [-0.1, -0.05) is 29.8 Å². The van der Waals surface area contributed by atoms with Crippen molar-refractivity contribution < 1.29 is 19.5 Å². The standard InChI is InChI=1S/C23H17ClIN3O4/c1-12-2-3-14(11-26-12)20(23(31)32)28-19(13-4-6-15(24)7-5-13)21(29)27-18-9-8-16(25)10-17(18)22(28)30/h2-11,19-20H,1H3,(H,27,29)(H,31,32). The van der Waals surface area contributed by atoms with Gasteiger partial charge in [0.15, 0.2) is 6.04 Å². The Morgan fingerprint density at radius 3 is 2.50 bits per heavy atom. The molecule has 0 radical (unpaired) electrons. The fraction of sp³-hybridized carbons (Fsp3) is 0.130. The highest BCUT2D eigenvalue weighted by Gasteiger charge is 2.44. The predicted molar refractivity (Wildman–Crippen MR) is 128 cm³/mol. The Balaban J connectivity index is 1.95. The largest absolute Gasteiger partial charge is 0.479 e. The molecule has 2 N–H and O–H groups in total. The summed E-state index contributed by atoms with van der Waals surface area (Å²) in [6.07, 6.45) is 1.42. The third-order valence-electron chi connectivity index (χ3n) is 5.18. The minimum atomic E-state index is -1.44. The zero-order valence-electron chi connectivity index (χ0n) is 16.8. The lowest BCUT2D eigenvalue weighted by Crippen LogP contribution is -2.44. The molecule has 0 aliphatic carbocycles. The molecule has 7 nitrogen and oxygen atoms in total. The van der Waals surface area contributed by atoms with Crippen molar-refractivity contribution in [3.8, 4) is 0 Å². The number of anilines is 1. The molecule has 2 aromatic carbocycles. The highest BCUT2D eigenvalue weighted by atomic mass is 127. The Morgan fingerprint density at radius 2 is 1.88 bits per heavy atom. The number of amides is 2. The van der Waals surface area contributed by atoms with Gasteiger partial charge in [0.2, 0.25) is 0 Å². The summed E-state index contributed by atoms with van der Waals surface area (Å²) in [6.45, 7) is 1.78. The van der Waals surface area contributed by atoms with E-state index in [2.05, 4.69) is 32.9 Å². The number of carboxylic acid groups (broad SMARTS) is 1. The van der Waals surface area contributed by atoms with Crippen LogP contribution in [0.3, 0.4) is 0 Å². The Bertz CT molecular complexity index is 1210. The van der Waals surface area contributed by atoms with Crippen LogP contribution in [0.15, 0.2) is 60.8 Å². The molecule has 0 saturated carbocycles. The van der Waals surface area contributed by atoms with Crippen LogP contribution in [0.4, 0.5) is 5.69 Å². The molecule has 1 aromatic heterocycles. The number of hydrogen-bond donors (Lipinski definition) is 2. The normalized spacial score (nSPS) is 16.7. The number of aliphatic carboxylic acids is 1. The monoisotopic (exact) mass is 561 g/mol. The first-order chi connectivity index (χ1) is 15.3. The van der Waals surface area contributed by atoms with Crippen molar-refractivity contribution in [1.82, 2.24) is 9.88 Å². The quantitative estimate of drug-likeness (QED) is 0.453. The molecule has 2 amide bonds. The van der Waals surface area contributed by atoms with Crippen LogP contribution in [-0.4, -0.2) is 32.8 Å². The van der Waals surface area contributed by atoms with E-state index in [4.69, 9.17) is 11.6 Å². The van der Waals surface area contributed by atoms with Gasteiger partial charge in [0.1, 0.15) is 6.04 Å². The summed E-state index contributed by atoms with van der Waals surface area (Å²) in [4.78, 5) is 44.9. The zero-order valence-corrected chi connectivity index (χ0v) is 19.7. The molecule has 0 bridgehead atoms. The fourth-order valence-electron chi connectivity index (χ4n) is 3.67.